The van der Waals surface area contributed by atoms with Gasteiger partial charge in [0.25, 0.3) is 0 Å². The SMILES string of the molecule is C=CC[C@]1(CC)CCc2c(CC(=O)OC(C)(C)C)c3ccccc3n2C1=O. The van der Waals surface area contributed by atoms with Gasteiger partial charge < -0.3 is 4.74 Å². The van der Waals surface area contributed by atoms with Crippen LogP contribution in [0.5, 0.6) is 0 Å². The molecule has 0 aliphatic carbocycles. The van der Waals surface area contributed by atoms with Crippen LogP contribution in [-0.2, 0) is 22.4 Å². The van der Waals surface area contributed by atoms with Crippen molar-refractivity contribution in [1.82, 2.24) is 4.57 Å². The minimum atomic E-state index is -0.524. The van der Waals surface area contributed by atoms with Crippen LogP contribution in [0.25, 0.3) is 10.9 Å². The first-order valence-corrected chi connectivity index (χ1v) is 9.71. The molecule has 2 heterocycles. The average molecular weight is 367 g/mol. The number of fused-ring (bicyclic) bond motifs is 3. The van der Waals surface area contributed by atoms with Crippen molar-refractivity contribution in [2.24, 2.45) is 5.41 Å². The van der Waals surface area contributed by atoms with Crippen molar-refractivity contribution >= 4 is 22.8 Å². The third kappa shape index (κ3) is 3.45. The van der Waals surface area contributed by atoms with Crippen LogP contribution in [0.2, 0.25) is 0 Å². The molecule has 1 aliphatic heterocycles. The van der Waals surface area contributed by atoms with Crippen LogP contribution < -0.4 is 0 Å². The van der Waals surface area contributed by atoms with Crippen LogP contribution in [-0.4, -0.2) is 22.0 Å². The molecule has 0 bridgehead atoms. The van der Waals surface area contributed by atoms with Crippen molar-refractivity contribution in [3.8, 4) is 0 Å². The second kappa shape index (κ2) is 6.99. The van der Waals surface area contributed by atoms with E-state index in [1.807, 2.05) is 55.7 Å². The molecule has 0 fully saturated rings. The van der Waals surface area contributed by atoms with Gasteiger partial charge in [0.1, 0.15) is 5.60 Å². The Morgan fingerprint density at radius 3 is 2.67 bits per heavy atom. The number of para-hydroxylation sites is 1. The molecule has 0 saturated carbocycles. The monoisotopic (exact) mass is 367 g/mol. The van der Waals surface area contributed by atoms with Gasteiger partial charge in [0.05, 0.1) is 17.4 Å². The molecule has 0 N–H and O–H groups in total. The lowest BCUT2D eigenvalue weighted by atomic mass is 9.74. The van der Waals surface area contributed by atoms with E-state index in [1.165, 1.54) is 0 Å². The lowest BCUT2D eigenvalue weighted by Crippen LogP contribution is -2.40. The maximum atomic E-state index is 13.5. The summed E-state index contributed by atoms with van der Waals surface area (Å²) in [5, 5.41) is 0.970. The molecular weight excluding hydrogens is 338 g/mol. The number of hydrogen-bond acceptors (Lipinski definition) is 3. The molecule has 2 aromatic rings. The van der Waals surface area contributed by atoms with Crippen molar-refractivity contribution in [1.29, 1.82) is 0 Å². The molecule has 0 amide bonds. The molecule has 1 aromatic heterocycles. The highest BCUT2D eigenvalue weighted by atomic mass is 16.6. The third-order valence-electron chi connectivity index (χ3n) is 5.54. The van der Waals surface area contributed by atoms with Crippen LogP contribution in [0.4, 0.5) is 0 Å². The summed E-state index contributed by atoms with van der Waals surface area (Å²) in [5.74, 6) is -0.134. The van der Waals surface area contributed by atoms with E-state index in [9.17, 15) is 9.59 Å². The lowest BCUT2D eigenvalue weighted by Gasteiger charge is -2.35. The van der Waals surface area contributed by atoms with E-state index in [-0.39, 0.29) is 18.3 Å². The molecule has 4 nitrogen and oxygen atoms in total. The zero-order valence-electron chi connectivity index (χ0n) is 16.8. The first kappa shape index (κ1) is 19.4. The van der Waals surface area contributed by atoms with Gasteiger partial charge >= 0.3 is 5.97 Å². The van der Waals surface area contributed by atoms with Gasteiger partial charge in [0, 0.05) is 11.1 Å². The number of nitrogens with zero attached hydrogens (tertiary/aromatic N) is 1. The van der Waals surface area contributed by atoms with Gasteiger partial charge in [-0.25, -0.2) is 0 Å². The van der Waals surface area contributed by atoms with Crippen LogP contribution in [0, 0.1) is 5.41 Å². The summed E-state index contributed by atoms with van der Waals surface area (Å²) in [6.45, 7) is 11.5. The van der Waals surface area contributed by atoms with Gasteiger partial charge in [0.15, 0.2) is 0 Å². The Labute approximate surface area is 161 Å². The van der Waals surface area contributed by atoms with E-state index in [1.54, 1.807) is 0 Å². The van der Waals surface area contributed by atoms with Gasteiger partial charge in [0.2, 0.25) is 5.91 Å². The quantitative estimate of drug-likeness (QED) is 0.547. The van der Waals surface area contributed by atoms with Gasteiger partial charge in [-0.2, -0.15) is 0 Å². The largest absolute Gasteiger partial charge is 0.460 e. The molecule has 1 aromatic carbocycles. The Kier molecular flexibility index (Phi) is 5.02. The molecule has 0 unspecified atom stereocenters. The number of aromatic nitrogens is 1. The van der Waals surface area contributed by atoms with E-state index < -0.39 is 11.0 Å². The number of carbonyl (C=O) groups excluding carboxylic acids is 2. The Bertz CT molecular complexity index is 900. The predicted octanol–water partition coefficient (Wildman–Crippen LogP) is 5.08. The summed E-state index contributed by atoms with van der Waals surface area (Å²) >= 11 is 0. The fourth-order valence-corrected chi connectivity index (χ4v) is 4.21. The number of rotatable bonds is 5. The molecular formula is C23H29NO3. The minimum Gasteiger partial charge on any atom is -0.460 e. The number of esters is 1. The van der Waals surface area contributed by atoms with E-state index >= 15 is 0 Å². The van der Waals surface area contributed by atoms with Crippen molar-refractivity contribution in [3.05, 3.63) is 48.2 Å². The molecule has 0 radical (unpaired) electrons. The summed E-state index contributed by atoms with van der Waals surface area (Å²) in [7, 11) is 0. The summed E-state index contributed by atoms with van der Waals surface area (Å²) in [5.41, 5.74) is 1.85. The number of hydrogen-bond donors (Lipinski definition) is 0. The van der Waals surface area contributed by atoms with Gasteiger partial charge in [-0.05, 0) is 58.1 Å². The first-order valence-electron chi connectivity index (χ1n) is 9.71. The highest BCUT2D eigenvalue weighted by Gasteiger charge is 2.42. The van der Waals surface area contributed by atoms with Crippen LogP contribution in [0.1, 0.15) is 63.0 Å². The maximum Gasteiger partial charge on any atom is 0.310 e. The minimum absolute atomic E-state index is 0.123. The highest BCUT2D eigenvalue weighted by Crippen LogP contribution is 2.42. The zero-order valence-corrected chi connectivity index (χ0v) is 16.8. The summed E-state index contributed by atoms with van der Waals surface area (Å²) in [6.07, 6.45) is 5.06. The number of carbonyl (C=O) groups is 2. The first-order chi connectivity index (χ1) is 12.7. The fourth-order valence-electron chi connectivity index (χ4n) is 4.21. The van der Waals surface area contributed by atoms with Gasteiger partial charge in [-0.15, -0.1) is 6.58 Å². The Morgan fingerprint density at radius 2 is 2.04 bits per heavy atom. The molecule has 3 rings (SSSR count). The molecule has 4 heteroatoms. The Balaban J connectivity index is 2.10. The summed E-state index contributed by atoms with van der Waals surface area (Å²) in [4.78, 5) is 26.0. The van der Waals surface area contributed by atoms with E-state index in [4.69, 9.17) is 4.74 Å². The predicted molar refractivity (Wildman–Crippen MR) is 108 cm³/mol. The molecule has 0 saturated heterocycles. The summed E-state index contributed by atoms with van der Waals surface area (Å²) < 4.78 is 7.38. The van der Waals surface area contributed by atoms with Gasteiger partial charge in [-0.1, -0.05) is 31.2 Å². The van der Waals surface area contributed by atoms with E-state index in [0.717, 1.165) is 41.4 Å². The average Bonchev–Trinajstić information content (AvgIpc) is 2.90. The van der Waals surface area contributed by atoms with Crippen molar-refractivity contribution in [3.63, 3.8) is 0 Å². The molecule has 27 heavy (non-hydrogen) atoms. The van der Waals surface area contributed by atoms with Crippen LogP contribution >= 0.6 is 0 Å². The third-order valence-corrected chi connectivity index (χ3v) is 5.54. The number of benzene rings is 1. The Morgan fingerprint density at radius 1 is 1.33 bits per heavy atom. The molecule has 1 atom stereocenters. The van der Waals surface area contributed by atoms with Crippen molar-refractivity contribution < 1.29 is 14.3 Å². The summed E-state index contributed by atoms with van der Waals surface area (Å²) in [6, 6.07) is 7.86. The number of allylic oxidation sites excluding steroid dienone is 1. The van der Waals surface area contributed by atoms with Crippen LogP contribution in [0.15, 0.2) is 36.9 Å². The topological polar surface area (TPSA) is 48.3 Å². The maximum absolute atomic E-state index is 13.5. The highest BCUT2D eigenvalue weighted by molar-refractivity contribution is 6.00. The standard InChI is InChI=1S/C23H29NO3/c1-6-13-23(7-2)14-12-19-17(15-20(25)27-22(3,4)5)16-10-8-9-11-18(16)24(19)21(23)26/h6,8-11H,1,7,12-15H2,2-5H3/t23-/m1/s1. The Hall–Kier alpha value is -2.36. The second-order valence-electron chi connectivity index (χ2n) is 8.47. The number of ether oxygens (including phenoxy) is 1. The zero-order chi connectivity index (χ0) is 19.8. The van der Waals surface area contributed by atoms with Crippen molar-refractivity contribution in [2.75, 3.05) is 0 Å². The molecule has 144 valence electrons. The smallest absolute Gasteiger partial charge is 0.310 e. The fraction of sp³-hybridized carbons (Fsp3) is 0.478. The van der Waals surface area contributed by atoms with Crippen LogP contribution in [0.3, 0.4) is 0 Å². The van der Waals surface area contributed by atoms with Crippen molar-refractivity contribution in [2.45, 2.75) is 65.4 Å². The molecule has 1 aliphatic rings. The second-order valence-corrected chi connectivity index (χ2v) is 8.47. The van der Waals surface area contributed by atoms with E-state index in [0.29, 0.717) is 6.42 Å². The normalized spacial score (nSPS) is 19.8. The van der Waals surface area contributed by atoms with Gasteiger partial charge in [-0.3, -0.25) is 14.2 Å². The lowest BCUT2D eigenvalue weighted by molar-refractivity contribution is -0.153. The molecule has 0 spiro atoms. The van der Waals surface area contributed by atoms with E-state index in [2.05, 4.69) is 13.5 Å².